The monoisotopic (exact) mass is 404 g/mol. The summed E-state index contributed by atoms with van der Waals surface area (Å²) in [5.41, 5.74) is -3.92. The SMILES string of the molecule is COCCNS(=O)(=O)c1ccc(NC(=O)[C@@](C)(O)C(F)(F)F)c(Cl)c1. The van der Waals surface area contributed by atoms with Crippen LogP contribution >= 0.6 is 11.6 Å². The molecule has 0 unspecified atom stereocenters. The van der Waals surface area contributed by atoms with Gasteiger partial charge in [-0.2, -0.15) is 13.2 Å². The van der Waals surface area contributed by atoms with Gasteiger partial charge in [0.15, 0.2) is 0 Å². The van der Waals surface area contributed by atoms with E-state index in [0.29, 0.717) is 0 Å². The summed E-state index contributed by atoms with van der Waals surface area (Å²) < 4.78 is 68.7. The molecule has 3 N–H and O–H groups in total. The first-order valence-corrected chi connectivity index (χ1v) is 8.57. The van der Waals surface area contributed by atoms with Crippen molar-refractivity contribution in [1.29, 1.82) is 0 Å². The van der Waals surface area contributed by atoms with Gasteiger partial charge in [-0.25, -0.2) is 13.1 Å². The second-order valence-corrected chi connectivity index (χ2v) is 7.23. The van der Waals surface area contributed by atoms with E-state index in [2.05, 4.69) is 4.72 Å². The highest BCUT2D eigenvalue weighted by atomic mass is 35.5. The summed E-state index contributed by atoms with van der Waals surface area (Å²) in [6.45, 7) is 0.422. The molecule has 0 radical (unpaired) electrons. The number of halogens is 4. The van der Waals surface area contributed by atoms with Crippen LogP contribution in [-0.2, 0) is 19.6 Å². The normalized spacial score (nSPS) is 14.8. The highest BCUT2D eigenvalue weighted by molar-refractivity contribution is 7.89. The van der Waals surface area contributed by atoms with Gasteiger partial charge in [0, 0.05) is 13.7 Å². The quantitative estimate of drug-likeness (QED) is 0.598. The lowest BCUT2D eigenvalue weighted by molar-refractivity contribution is -0.242. The van der Waals surface area contributed by atoms with Gasteiger partial charge in [0.25, 0.3) is 5.91 Å². The molecule has 0 aromatic heterocycles. The number of rotatable bonds is 7. The van der Waals surface area contributed by atoms with Crippen LogP contribution in [0, 0.1) is 0 Å². The van der Waals surface area contributed by atoms with Crippen molar-refractivity contribution in [3.05, 3.63) is 23.2 Å². The number of benzene rings is 1. The van der Waals surface area contributed by atoms with E-state index >= 15 is 0 Å². The number of sulfonamides is 1. The maximum Gasteiger partial charge on any atom is 0.426 e. The molecule has 0 heterocycles. The molecule has 0 bridgehead atoms. The van der Waals surface area contributed by atoms with Crippen molar-refractivity contribution < 1.29 is 36.2 Å². The predicted octanol–water partition coefficient (Wildman–Crippen LogP) is 1.52. The maximum atomic E-state index is 12.6. The Labute approximate surface area is 147 Å². The molecule has 0 aliphatic carbocycles. The van der Waals surface area contributed by atoms with Crippen LogP contribution in [0.25, 0.3) is 0 Å². The van der Waals surface area contributed by atoms with Gasteiger partial charge in [-0.15, -0.1) is 0 Å². The Balaban J connectivity index is 2.99. The lowest BCUT2D eigenvalue weighted by atomic mass is 10.1. The molecule has 0 saturated carbocycles. The minimum absolute atomic E-state index is 0.00336. The van der Waals surface area contributed by atoms with Crippen LogP contribution in [-0.4, -0.2) is 51.5 Å². The van der Waals surface area contributed by atoms with E-state index < -0.39 is 27.7 Å². The fourth-order valence-corrected chi connectivity index (χ4v) is 2.83. The number of alkyl halides is 3. The number of carbonyl (C=O) groups is 1. The summed E-state index contributed by atoms with van der Waals surface area (Å²) in [6, 6.07) is 3.01. The van der Waals surface area contributed by atoms with Gasteiger partial charge >= 0.3 is 6.18 Å². The van der Waals surface area contributed by atoms with E-state index in [9.17, 15) is 31.5 Å². The zero-order valence-electron chi connectivity index (χ0n) is 13.1. The Morgan fingerprint density at radius 2 is 1.96 bits per heavy atom. The molecule has 1 atom stereocenters. The third-order valence-electron chi connectivity index (χ3n) is 3.09. The molecule has 1 aromatic rings. The van der Waals surface area contributed by atoms with Gasteiger partial charge in [-0.1, -0.05) is 11.6 Å². The van der Waals surface area contributed by atoms with E-state index in [1.165, 1.54) is 7.11 Å². The van der Waals surface area contributed by atoms with Crippen LogP contribution in [0.15, 0.2) is 23.1 Å². The standard InChI is InChI=1S/C13H16ClF3N2O5S/c1-12(21,13(15,16)17)11(20)19-10-4-3-8(7-9(10)14)25(22,23)18-5-6-24-2/h3-4,7,18,21H,5-6H2,1-2H3,(H,19,20)/t12-/m1/s1. The molecule has 1 rings (SSSR count). The molecule has 0 aliphatic heterocycles. The van der Waals surface area contributed by atoms with Crippen LogP contribution in [0.3, 0.4) is 0 Å². The predicted molar refractivity (Wildman–Crippen MR) is 83.8 cm³/mol. The number of carbonyl (C=O) groups excluding carboxylic acids is 1. The maximum absolute atomic E-state index is 12.6. The summed E-state index contributed by atoms with van der Waals surface area (Å²) in [5, 5.41) is 10.8. The summed E-state index contributed by atoms with van der Waals surface area (Å²) in [6.07, 6.45) is -5.20. The van der Waals surface area contributed by atoms with Crippen molar-refractivity contribution in [3.63, 3.8) is 0 Å². The van der Waals surface area contributed by atoms with E-state index in [-0.39, 0.29) is 35.7 Å². The molecule has 1 amide bonds. The number of amides is 1. The van der Waals surface area contributed by atoms with Gasteiger partial charge in [0.1, 0.15) is 0 Å². The van der Waals surface area contributed by atoms with Crippen molar-refractivity contribution in [2.24, 2.45) is 0 Å². The first kappa shape index (κ1) is 21.6. The molecule has 25 heavy (non-hydrogen) atoms. The van der Waals surface area contributed by atoms with E-state index in [4.69, 9.17) is 16.3 Å². The third-order valence-corrected chi connectivity index (χ3v) is 4.86. The molecule has 1 aromatic carbocycles. The first-order valence-electron chi connectivity index (χ1n) is 6.71. The van der Waals surface area contributed by atoms with Crippen LogP contribution < -0.4 is 10.0 Å². The van der Waals surface area contributed by atoms with Crippen LogP contribution in [0.2, 0.25) is 5.02 Å². The van der Waals surface area contributed by atoms with Crippen molar-refractivity contribution in [2.45, 2.75) is 23.6 Å². The highest BCUT2D eigenvalue weighted by Crippen LogP contribution is 2.32. The first-order chi connectivity index (χ1) is 11.3. The lowest BCUT2D eigenvalue weighted by Gasteiger charge is -2.25. The average molecular weight is 405 g/mol. The van der Waals surface area contributed by atoms with E-state index in [1.54, 1.807) is 0 Å². The van der Waals surface area contributed by atoms with E-state index in [0.717, 1.165) is 18.2 Å². The van der Waals surface area contributed by atoms with Crippen LogP contribution in [0.1, 0.15) is 6.92 Å². The minimum Gasteiger partial charge on any atom is -0.383 e. The topological polar surface area (TPSA) is 105 Å². The average Bonchev–Trinajstić information content (AvgIpc) is 2.48. The molecular formula is C13H16ClF3N2O5S. The summed E-state index contributed by atoms with van der Waals surface area (Å²) in [4.78, 5) is 11.3. The molecule has 142 valence electrons. The number of ether oxygens (including phenoxy) is 1. The zero-order valence-corrected chi connectivity index (χ0v) is 14.7. The smallest absolute Gasteiger partial charge is 0.383 e. The third kappa shape index (κ3) is 5.28. The molecule has 0 spiro atoms. The minimum atomic E-state index is -5.20. The van der Waals surface area contributed by atoms with Gasteiger partial charge in [-0.3, -0.25) is 4.79 Å². The van der Waals surface area contributed by atoms with Gasteiger partial charge < -0.3 is 15.2 Å². The van der Waals surface area contributed by atoms with Crippen LogP contribution in [0.4, 0.5) is 18.9 Å². The zero-order chi connectivity index (χ0) is 19.5. The Morgan fingerprint density at radius 3 is 2.44 bits per heavy atom. The van der Waals surface area contributed by atoms with Crippen molar-refractivity contribution in [1.82, 2.24) is 4.72 Å². The number of anilines is 1. The number of hydrogen-bond donors (Lipinski definition) is 3. The molecule has 7 nitrogen and oxygen atoms in total. The summed E-state index contributed by atoms with van der Waals surface area (Å²) >= 11 is 5.81. The fraction of sp³-hybridized carbons (Fsp3) is 0.462. The van der Waals surface area contributed by atoms with Gasteiger partial charge in [0.05, 0.1) is 22.2 Å². The number of methoxy groups -OCH3 is 1. The van der Waals surface area contributed by atoms with Crippen molar-refractivity contribution in [3.8, 4) is 0 Å². The molecule has 0 fully saturated rings. The Kier molecular flexibility index (Phi) is 6.81. The van der Waals surface area contributed by atoms with Crippen molar-refractivity contribution >= 4 is 33.2 Å². The molecule has 0 aliphatic rings. The Bertz CT molecular complexity index is 738. The summed E-state index contributed by atoms with van der Waals surface area (Å²) in [7, 11) is -2.52. The summed E-state index contributed by atoms with van der Waals surface area (Å²) in [5.74, 6) is -1.75. The molecular weight excluding hydrogens is 389 g/mol. The number of aliphatic hydroxyl groups is 1. The second-order valence-electron chi connectivity index (χ2n) is 5.06. The van der Waals surface area contributed by atoms with Gasteiger partial charge in [-0.05, 0) is 25.1 Å². The Morgan fingerprint density at radius 1 is 1.36 bits per heavy atom. The second kappa shape index (κ2) is 7.87. The highest BCUT2D eigenvalue weighted by Gasteiger charge is 2.55. The van der Waals surface area contributed by atoms with Gasteiger partial charge in [0.2, 0.25) is 15.6 Å². The molecule has 12 heteroatoms. The van der Waals surface area contributed by atoms with Crippen LogP contribution in [0.5, 0.6) is 0 Å². The lowest BCUT2D eigenvalue weighted by Crippen LogP contribution is -2.52. The molecule has 0 saturated heterocycles. The largest absolute Gasteiger partial charge is 0.426 e. The van der Waals surface area contributed by atoms with Crippen molar-refractivity contribution in [2.75, 3.05) is 25.6 Å². The van der Waals surface area contributed by atoms with E-state index in [1.807, 2.05) is 5.32 Å². The number of nitrogens with one attached hydrogen (secondary N) is 2. The number of hydrogen-bond acceptors (Lipinski definition) is 5. The Hall–Kier alpha value is -1.40. The fourth-order valence-electron chi connectivity index (χ4n) is 1.50.